The summed E-state index contributed by atoms with van der Waals surface area (Å²) in [5.74, 6) is 3.41. The molecule has 0 amide bonds. The van der Waals surface area contributed by atoms with Crippen LogP contribution in [0, 0.1) is 11.5 Å². The molecule has 0 unspecified atom stereocenters. The maximum absolute atomic E-state index is 3.48. The minimum Gasteiger partial charge on any atom is -0.378 e. The first-order chi connectivity index (χ1) is 9.51. The lowest BCUT2D eigenvalue weighted by atomic mass is 10.4. The van der Waals surface area contributed by atoms with Crippen molar-refractivity contribution in [1.82, 2.24) is 4.23 Å². The van der Waals surface area contributed by atoms with Gasteiger partial charge in [-0.2, -0.15) is 0 Å². The first kappa shape index (κ1) is 18.3. The Kier molecular flexibility index (Phi) is 5.74. The van der Waals surface area contributed by atoms with E-state index in [0.29, 0.717) is 0 Å². The summed E-state index contributed by atoms with van der Waals surface area (Å²) < 4.78 is 2.57. The van der Waals surface area contributed by atoms with Crippen molar-refractivity contribution in [3.63, 3.8) is 0 Å². The minimum absolute atomic E-state index is 0.725. The van der Waals surface area contributed by atoms with E-state index in [1.807, 2.05) is 0 Å². The molecule has 0 saturated heterocycles. The smallest absolute Gasteiger partial charge is 0.168 e. The summed E-state index contributed by atoms with van der Waals surface area (Å²) in [5.41, 5.74) is 6.85. The standard InChI is InChI=1S/C18H33NSi2/c1-15(2)21(16(3)4,17(5)6)19-12-10-18(14-19)11-13-20(7,8)9/h10,12,14-17H,1-9H3. The summed E-state index contributed by atoms with van der Waals surface area (Å²) in [5, 5.41) is 0. The van der Waals surface area contributed by atoms with Crippen LogP contribution < -0.4 is 0 Å². The summed E-state index contributed by atoms with van der Waals surface area (Å²) in [6.07, 6.45) is 4.61. The predicted octanol–water partition coefficient (Wildman–Crippen LogP) is 5.74. The second-order valence-electron chi connectivity index (χ2n) is 8.16. The topological polar surface area (TPSA) is 4.93 Å². The fourth-order valence-electron chi connectivity index (χ4n) is 3.87. The molecule has 1 heterocycles. The van der Waals surface area contributed by atoms with Crippen LogP contribution in [-0.2, 0) is 0 Å². The Labute approximate surface area is 134 Å². The fourth-order valence-corrected chi connectivity index (χ4v) is 10.9. The van der Waals surface area contributed by atoms with Crippen LogP contribution in [0.4, 0.5) is 0 Å². The van der Waals surface area contributed by atoms with Gasteiger partial charge >= 0.3 is 0 Å². The Morgan fingerprint density at radius 3 is 1.76 bits per heavy atom. The largest absolute Gasteiger partial charge is 0.378 e. The van der Waals surface area contributed by atoms with Gasteiger partial charge in [-0.15, -0.1) is 5.54 Å². The summed E-state index contributed by atoms with van der Waals surface area (Å²) in [6, 6.07) is 2.21. The number of nitrogens with zero attached hydrogens (tertiary/aromatic N) is 1. The van der Waals surface area contributed by atoms with E-state index < -0.39 is 16.3 Å². The minimum atomic E-state index is -1.60. The Balaban J connectivity index is 3.29. The molecule has 0 atom stereocenters. The molecule has 0 aromatic carbocycles. The average molecular weight is 320 g/mol. The molecule has 1 aromatic heterocycles. The summed E-state index contributed by atoms with van der Waals surface area (Å²) in [4.78, 5) is 0. The van der Waals surface area contributed by atoms with Gasteiger partial charge in [0.15, 0.2) is 8.24 Å². The van der Waals surface area contributed by atoms with Crippen LogP contribution in [0.5, 0.6) is 0 Å². The van der Waals surface area contributed by atoms with Crippen molar-refractivity contribution in [3.05, 3.63) is 24.0 Å². The molecule has 0 aliphatic carbocycles. The van der Waals surface area contributed by atoms with E-state index in [1.165, 1.54) is 5.56 Å². The molecule has 3 heteroatoms. The van der Waals surface area contributed by atoms with Crippen LogP contribution in [0.3, 0.4) is 0 Å². The quantitative estimate of drug-likeness (QED) is 0.492. The van der Waals surface area contributed by atoms with Crippen molar-refractivity contribution in [3.8, 4) is 11.5 Å². The highest BCUT2D eigenvalue weighted by atomic mass is 28.3. The van der Waals surface area contributed by atoms with Gasteiger partial charge in [0.2, 0.25) is 0 Å². The Morgan fingerprint density at radius 1 is 0.905 bits per heavy atom. The molecule has 1 rings (SSSR count). The van der Waals surface area contributed by atoms with E-state index in [1.54, 1.807) is 0 Å². The van der Waals surface area contributed by atoms with Crippen LogP contribution in [-0.4, -0.2) is 20.5 Å². The van der Waals surface area contributed by atoms with E-state index in [9.17, 15) is 0 Å². The van der Waals surface area contributed by atoms with Gasteiger partial charge in [-0.25, -0.2) is 0 Å². The Hall–Kier alpha value is -0.726. The van der Waals surface area contributed by atoms with Gasteiger partial charge in [0, 0.05) is 11.8 Å². The van der Waals surface area contributed by atoms with Gasteiger partial charge in [0.25, 0.3) is 0 Å². The molecule has 1 nitrogen and oxygen atoms in total. The number of hydrogen-bond donors (Lipinski definition) is 0. The molecule has 0 N–H and O–H groups in total. The molecule has 0 bridgehead atoms. The molecular weight excluding hydrogens is 286 g/mol. The van der Waals surface area contributed by atoms with E-state index in [-0.39, 0.29) is 0 Å². The first-order valence-electron chi connectivity index (χ1n) is 8.23. The highest BCUT2D eigenvalue weighted by molar-refractivity contribution is 6.84. The zero-order valence-corrected chi connectivity index (χ0v) is 17.4. The second kappa shape index (κ2) is 6.58. The van der Waals surface area contributed by atoms with Gasteiger partial charge in [0.1, 0.15) is 8.07 Å². The molecule has 1 aromatic rings. The second-order valence-corrected chi connectivity index (χ2v) is 18.7. The maximum Gasteiger partial charge on any atom is 0.168 e. The molecule has 0 aliphatic rings. The van der Waals surface area contributed by atoms with Crippen molar-refractivity contribution in [2.24, 2.45) is 0 Å². The lowest BCUT2D eigenvalue weighted by Crippen LogP contribution is -2.51. The van der Waals surface area contributed by atoms with Crippen LogP contribution in [0.15, 0.2) is 18.5 Å². The normalized spacial score (nSPS) is 13.0. The molecule has 0 radical (unpaired) electrons. The molecule has 0 fully saturated rings. The summed E-state index contributed by atoms with van der Waals surface area (Å²) in [6.45, 7) is 21.3. The van der Waals surface area contributed by atoms with Crippen molar-refractivity contribution < 1.29 is 0 Å². The fraction of sp³-hybridized carbons (Fsp3) is 0.667. The third kappa shape index (κ3) is 3.93. The monoisotopic (exact) mass is 319 g/mol. The molecule has 0 aliphatic heterocycles. The molecular formula is C18H33NSi2. The lowest BCUT2D eigenvalue weighted by molar-refractivity contribution is 0.765. The van der Waals surface area contributed by atoms with Crippen LogP contribution in [0.2, 0.25) is 36.3 Å². The predicted molar refractivity (Wildman–Crippen MR) is 101 cm³/mol. The summed E-state index contributed by atoms with van der Waals surface area (Å²) in [7, 11) is -2.90. The van der Waals surface area contributed by atoms with Crippen LogP contribution >= 0.6 is 0 Å². The van der Waals surface area contributed by atoms with Gasteiger partial charge in [-0.1, -0.05) is 67.1 Å². The molecule has 21 heavy (non-hydrogen) atoms. The zero-order chi connectivity index (χ0) is 16.4. The van der Waals surface area contributed by atoms with Gasteiger partial charge < -0.3 is 4.23 Å². The highest BCUT2D eigenvalue weighted by Gasteiger charge is 2.44. The van der Waals surface area contributed by atoms with Crippen molar-refractivity contribution in [2.45, 2.75) is 77.8 Å². The van der Waals surface area contributed by atoms with Crippen molar-refractivity contribution in [1.29, 1.82) is 0 Å². The van der Waals surface area contributed by atoms with Gasteiger partial charge in [0.05, 0.1) is 0 Å². The summed E-state index contributed by atoms with van der Waals surface area (Å²) >= 11 is 0. The van der Waals surface area contributed by atoms with Crippen molar-refractivity contribution in [2.75, 3.05) is 0 Å². The maximum atomic E-state index is 3.48. The van der Waals surface area contributed by atoms with Gasteiger partial charge in [-0.3, -0.25) is 0 Å². The zero-order valence-electron chi connectivity index (χ0n) is 15.4. The molecule has 0 spiro atoms. The van der Waals surface area contributed by atoms with E-state index in [2.05, 4.69) is 95.3 Å². The van der Waals surface area contributed by atoms with Gasteiger partial charge in [-0.05, 0) is 28.9 Å². The first-order valence-corrected chi connectivity index (χ1v) is 13.9. The Bertz CT molecular complexity index is 500. The number of aromatic nitrogens is 1. The van der Waals surface area contributed by atoms with E-state index in [4.69, 9.17) is 0 Å². The lowest BCUT2D eigenvalue weighted by Gasteiger charge is -2.44. The van der Waals surface area contributed by atoms with Crippen LogP contribution in [0.1, 0.15) is 47.1 Å². The Morgan fingerprint density at radius 2 is 1.38 bits per heavy atom. The molecule has 0 saturated carbocycles. The average Bonchev–Trinajstić information content (AvgIpc) is 2.73. The highest BCUT2D eigenvalue weighted by Crippen LogP contribution is 2.42. The van der Waals surface area contributed by atoms with Crippen molar-refractivity contribution >= 4 is 16.3 Å². The van der Waals surface area contributed by atoms with E-state index in [0.717, 1.165) is 16.6 Å². The van der Waals surface area contributed by atoms with E-state index >= 15 is 0 Å². The number of rotatable bonds is 4. The number of hydrogen-bond acceptors (Lipinski definition) is 0. The third-order valence-electron chi connectivity index (χ3n) is 4.50. The third-order valence-corrected chi connectivity index (χ3v) is 12.1. The van der Waals surface area contributed by atoms with Crippen LogP contribution in [0.25, 0.3) is 0 Å². The molecule has 118 valence electrons. The SMILES string of the molecule is CC(C)[Si](C(C)C)(C(C)C)n1ccc(C#C[Si](C)(C)C)c1.